The molecule has 0 amide bonds. The number of carbonyl (C=O) groups is 2. The van der Waals surface area contributed by atoms with Crippen LogP contribution in [-0.2, 0) is 11.8 Å². The zero-order chi connectivity index (χ0) is 16.8. The fourth-order valence-electron chi connectivity index (χ4n) is 2.08. The maximum Gasteiger partial charge on any atom is 0.358 e. The van der Waals surface area contributed by atoms with Crippen molar-refractivity contribution < 1.29 is 14.3 Å². The van der Waals surface area contributed by atoms with E-state index in [2.05, 4.69) is 14.9 Å². The number of benzene rings is 1. The van der Waals surface area contributed by atoms with Gasteiger partial charge in [0.05, 0.1) is 6.61 Å². The molecule has 0 spiro atoms. The second-order valence-corrected chi connectivity index (χ2v) is 4.75. The first kappa shape index (κ1) is 16.3. The number of H-pyrrole nitrogens is 1. The predicted molar refractivity (Wildman–Crippen MR) is 87.3 cm³/mol. The van der Waals surface area contributed by atoms with Crippen molar-refractivity contribution in [3.63, 3.8) is 0 Å². The van der Waals surface area contributed by atoms with E-state index in [1.165, 1.54) is 6.07 Å². The van der Waals surface area contributed by atoms with Gasteiger partial charge in [-0.15, -0.1) is 0 Å². The number of nitrogens with two attached hydrogens (primary N) is 1. The number of fused-ring (bicyclic) bond motifs is 1. The SMILES string of the molecule is CCOC(=O)c1cc(N)[nH]n1.Cn1ccc2c(C=O)cccc21. The lowest BCUT2D eigenvalue weighted by molar-refractivity contribution is 0.0519. The van der Waals surface area contributed by atoms with Gasteiger partial charge in [0.15, 0.2) is 12.0 Å². The van der Waals surface area contributed by atoms with Crippen LogP contribution in [0.3, 0.4) is 0 Å². The van der Waals surface area contributed by atoms with Gasteiger partial charge in [-0.1, -0.05) is 12.1 Å². The molecule has 0 radical (unpaired) electrons. The Morgan fingerprint density at radius 3 is 2.83 bits per heavy atom. The van der Waals surface area contributed by atoms with E-state index >= 15 is 0 Å². The normalized spacial score (nSPS) is 10.0. The average Bonchev–Trinajstić information content (AvgIpc) is 3.15. The molecule has 120 valence electrons. The molecule has 0 aliphatic carbocycles. The fraction of sp³-hybridized carbons (Fsp3) is 0.188. The molecule has 7 heteroatoms. The zero-order valence-corrected chi connectivity index (χ0v) is 12.9. The molecule has 3 N–H and O–H groups in total. The highest BCUT2D eigenvalue weighted by atomic mass is 16.5. The minimum absolute atomic E-state index is 0.212. The molecule has 0 bridgehead atoms. The fourth-order valence-corrected chi connectivity index (χ4v) is 2.08. The van der Waals surface area contributed by atoms with Gasteiger partial charge in [0.1, 0.15) is 5.82 Å². The van der Waals surface area contributed by atoms with Gasteiger partial charge in [-0.2, -0.15) is 5.10 Å². The molecule has 0 fully saturated rings. The van der Waals surface area contributed by atoms with Crippen molar-refractivity contribution >= 4 is 29.0 Å². The average molecular weight is 314 g/mol. The zero-order valence-electron chi connectivity index (χ0n) is 12.9. The standard InChI is InChI=1S/C10H9NO.C6H9N3O2/c1-11-6-5-9-8(7-12)3-2-4-10(9)11;1-2-11-6(10)4-3-5(7)9-8-4/h2-7H,1H3;3H,2H2,1H3,(H3,7,8,9). The van der Waals surface area contributed by atoms with Crippen molar-refractivity contribution in [2.75, 3.05) is 12.3 Å². The number of anilines is 1. The van der Waals surface area contributed by atoms with E-state index in [-0.39, 0.29) is 5.69 Å². The van der Waals surface area contributed by atoms with Crippen molar-refractivity contribution in [3.05, 3.63) is 47.8 Å². The number of aromatic amines is 1. The molecular weight excluding hydrogens is 296 g/mol. The minimum Gasteiger partial charge on any atom is -0.461 e. The summed E-state index contributed by atoms with van der Waals surface area (Å²) in [6, 6.07) is 9.11. The summed E-state index contributed by atoms with van der Waals surface area (Å²) < 4.78 is 6.67. The number of nitrogen functional groups attached to an aromatic ring is 1. The molecule has 0 aliphatic rings. The molecular formula is C16H18N4O3. The van der Waals surface area contributed by atoms with E-state index in [1.54, 1.807) is 6.92 Å². The number of nitrogens with one attached hydrogen (secondary N) is 1. The molecule has 7 nitrogen and oxygen atoms in total. The van der Waals surface area contributed by atoms with Gasteiger partial charge in [-0.3, -0.25) is 9.89 Å². The van der Waals surface area contributed by atoms with Gasteiger partial charge in [0.25, 0.3) is 0 Å². The van der Waals surface area contributed by atoms with Gasteiger partial charge >= 0.3 is 5.97 Å². The number of nitrogens with zero attached hydrogens (tertiary/aromatic N) is 2. The van der Waals surface area contributed by atoms with E-state index in [9.17, 15) is 9.59 Å². The molecule has 23 heavy (non-hydrogen) atoms. The Morgan fingerprint density at radius 1 is 1.43 bits per heavy atom. The number of ether oxygens (including phenoxy) is 1. The number of hydrogen-bond donors (Lipinski definition) is 2. The Morgan fingerprint density at radius 2 is 2.22 bits per heavy atom. The highest BCUT2D eigenvalue weighted by Gasteiger charge is 2.08. The summed E-state index contributed by atoms with van der Waals surface area (Å²) in [4.78, 5) is 21.5. The van der Waals surface area contributed by atoms with Crippen LogP contribution >= 0.6 is 0 Å². The van der Waals surface area contributed by atoms with E-state index in [1.807, 2.05) is 42.1 Å². The lowest BCUT2D eigenvalue weighted by Gasteiger charge is -1.96. The number of carbonyl (C=O) groups excluding carboxylic acids is 2. The van der Waals surface area contributed by atoms with Crippen LogP contribution in [0.4, 0.5) is 5.82 Å². The Labute approximate surface area is 133 Å². The molecule has 0 atom stereocenters. The molecule has 3 aromatic rings. The molecule has 1 aromatic carbocycles. The third kappa shape index (κ3) is 3.76. The van der Waals surface area contributed by atoms with Gasteiger partial charge in [-0.05, 0) is 19.1 Å². The topological polar surface area (TPSA) is 103 Å². The summed E-state index contributed by atoms with van der Waals surface area (Å²) in [6.07, 6.45) is 2.85. The summed E-state index contributed by atoms with van der Waals surface area (Å²) in [5.74, 6) is -0.103. The quantitative estimate of drug-likeness (QED) is 0.569. The number of rotatable bonds is 3. The molecule has 2 heterocycles. The van der Waals surface area contributed by atoms with E-state index in [0.717, 1.165) is 22.8 Å². The van der Waals surface area contributed by atoms with Crippen LogP contribution in [0.1, 0.15) is 27.8 Å². The van der Waals surface area contributed by atoms with Crippen molar-refractivity contribution in [1.82, 2.24) is 14.8 Å². The second kappa shape index (κ2) is 7.26. The largest absolute Gasteiger partial charge is 0.461 e. The number of aromatic nitrogens is 3. The monoisotopic (exact) mass is 314 g/mol. The van der Waals surface area contributed by atoms with Crippen LogP contribution < -0.4 is 5.73 Å². The van der Waals surface area contributed by atoms with Crippen LogP contribution in [-0.4, -0.2) is 33.6 Å². The van der Waals surface area contributed by atoms with Crippen LogP contribution in [0.15, 0.2) is 36.5 Å². The first-order chi connectivity index (χ1) is 11.1. The van der Waals surface area contributed by atoms with Crippen molar-refractivity contribution in [2.45, 2.75) is 6.92 Å². The van der Waals surface area contributed by atoms with Gasteiger partial charge in [0, 0.05) is 35.8 Å². The summed E-state index contributed by atoms with van der Waals surface area (Å²) in [5, 5.41) is 7.07. The van der Waals surface area contributed by atoms with Crippen molar-refractivity contribution in [3.8, 4) is 0 Å². The minimum atomic E-state index is -0.458. The van der Waals surface area contributed by atoms with Crippen molar-refractivity contribution in [2.24, 2.45) is 7.05 Å². The second-order valence-electron chi connectivity index (χ2n) is 4.75. The summed E-state index contributed by atoms with van der Waals surface area (Å²) in [5.41, 5.74) is 7.35. The molecule has 0 unspecified atom stereocenters. The summed E-state index contributed by atoms with van der Waals surface area (Å²) >= 11 is 0. The summed E-state index contributed by atoms with van der Waals surface area (Å²) in [6.45, 7) is 2.07. The van der Waals surface area contributed by atoms with Crippen molar-refractivity contribution in [1.29, 1.82) is 0 Å². The first-order valence-electron chi connectivity index (χ1n) is 7.04. The third-order valence-electron chi connectivity index (χ3n) is 3.17. The van der Waals surface area contributed by atoms with Gasteiger partial charge in [-0.25, -0.2) is 4.79 Å². The first-order valence-corrected chi connectivity index (χ1v) is 7.04. The Balaban J connectivity index is 0.000000168. The Hall–Kier alpha value is -3.09. The van der Waals surface area contributed by atoms with Crippen LogP contribution in [0, 0.1) is 0 Å². The molecule has 0 aliphatic heterocycles. The smallest absolute Gasteiger partial charge is 0.358 e. The highest BCUT2D eigenvalue weighted by Crippen LogP contribution is 2.17. The third-order valence-corrected chi connectivity index (χ3v) is 3.17. The van der Waals surface area contributed by atoms with Gasteiger partial charge in [0.2, 0.25) is 0 Å². The Kier molecular flexibility index (Phi) is 5.14. The molecule has 3 rings (SSSR count). The molecule has 2 aromatic heterocycles. The van der Waals surface area contributed by atoms with E-state index in [4.69, 9.17) is 5.73 Å². The maximum absolute atomic E-state index is 10.9. The number of aryl methyl sites for hydroxylation is 1. The lowest BCUT2D eigenvalue weighted by atomic mass is 10.1. The van der Waals surface area contributed by atoms with E-state index < -0.39 is 5.97 Å². The van der Waals surface area contributed by atoms with Gasteiger partial charge < -0.3 is 15.0 Å². The molecule has 0 saturated heterocycles. The number of aldehydes is 1. The van der Waals surface area contributed by atoms with Crippen LogP contribution in [0.2, 0.25) is 0 Å². The number of hydrogen-bond acceptors (Lipinski definition) is 5. The Bertz CT molecular complexity index is 820. The molecule has 0 saturated carbocycles. The summed E-state index contributed by atoms with van der Waals surface area (Å²) in [7, 11) is 1.97. The van der Waals surface area contributed by atoms with E-state index in [0.29, 0.717) is 12.4 Å². The maximum atomic E-state index is 10.9. The lowest BCUT2D eigenvalue weighted by Crippen LogP contribution is -2.04. The van der Waals surface area contributed by atoms with Crippen LogP contribution in [0.5, 0.6) is 0 Å². The van der Waals surface area contributed by atoms with Crippen LogP contribution in [0.25, 0.3) is 10.9 Å². The highest BCUT2D eigenvalue weighted by molar-refractivity contribution is 5.97. The predicted octanol–water partition coefficient (Wildman–Crippen LogP) is 2.16. The number of esters is 1.